The minimum absolute atomic E-state index is 0.697. The van der Waals surface area contributed by atoms with Crippen LogP contribution in [-0.2, 0) is 0 Å². The van der Waals surface area contributed by atoms with Crippen LogP contribution in [0.25, 0.3) is 0 Å². The highest BCUT2D eigenvalue weighted by molar-refractivity contribution is 4.60. The second-order valence-electron chi connectivity index (χ2n) is 4.98. The van der Waals surface area contributed by atoms with Gasteiger partial charge in [-0.1, -0.05) is 85.5 Å². The van der Waals surface area contributed by atoms with E-state index in [1.54, 1.807) is 0 Å². The van der Waals surface area contributed by atoms with E-state index in [9.17, 15) is 0 Å². The Labute approximate surface area is 97.8 Å². The Morgan fingerprint density at radius 3 is 2.00 bits per heavy atom. The van der Waals surface area contributed by atoms with Gasteiger partial charge in [0.15, 0.2) is 0 Å². The van der Waals surface area contributed by atoms with Gasteiger partial charge in [-0.2, -0.15) is 0 Å². The van der Waals surface area contributed by atoms with Gasteiger partial charge in [-0.3, -0.25) is 0 Å². The monoisotopic (exact) mass is 211 g/mol. The van der Waals surface area contributed by atoms with Crippen LogP contribution in [0.1, 0.15) is 78.6 Å². The zero-order valence-electron chi connectivity index (χ0n) is 11.2. The lowest BCUT2D eigenvalue weighted by molar-refractivity contribution is 0.403. The number of hydrogen-bond donors (Lipinski definition) is 0. The summed E-state index contributed by atoms with van der Waals surface area (Å²) in [6.07, 6.45) is 12.5. The predicted molar refractivity (Wildman–Crippen MR) is 70.9 cm³/mol. The molecule has 0 aliphatic carbocycles. The smallest absolute Gasteiger partial charge is 0.0417 e. The standard InChI is InChI=1S/C15H31/c1-5-11-15(7-3)13-10-8-9-12-14(4)6-2/h14-15H,4-13H2,1-3H3. The van der Waals surface area contributed by atoms with Crippen LogP contribution < -0.4 is 0 Å². The molecule has 2 atom stereocenters. The van der Waals surface area contributed by atoms with Crippen molar-refractivity contribution in [2.24, 2.45) is 11.8 Å². The minimum atomic E-state index is 0.697. The molecule has 0 aromatic rings. The molecule has 2 unspecified atom stereocenters. The highest BCUT2D eigenvalue weighted by Crippen LogP contribution is 2.20. The third-order valence-corrected chi connectivity index (χ3v) is 3.58. The lowest BCUT2D eigenvalue weighted by atomic mass is 9.93. The molecule has 91 valence electrons. The molecule has 0 bridgehead atoms. The lowest BCUT2D eigenvalue weighted by Gasteiger charge is -2.13. The fourth-order valence-electron chi connectivity index (χ4n) is 2.21. The molecule has 0 aromatic heterocycles. The molecule has 1 radical (unpaired) electrons. The molecule has 0 nitrogen and oxygen atoms in total. The first-order valence-corrected chi connectivity index (χ1v) is 7.07. The molecule has 0 rings (SSSR count). The number of unbranched alkanes of at least 4 members (excludes halogenated alkanes) is 2. The van der Waals surface area contributed by atoms with Crippen LogP contribution in [0, 0.1) is 18.8 Å². The van der Waals surface area contributed by atoms with E-state index in [1.165, 1.54) is 57.8 Å². The van der Waals surface area contributed by atoms with Gasteiger partial charge in [0, 0.05) is 0 Å². The Balaban J connectivity index is 3.28. The van der Waals surface area contributed by atoms with Crippen LogP contribution in [0.2, 0.25) is 0 Å². The minimum Gasteiger partial charge on any atom is -0.0654 e. The topological polar surface area (TPSA) is 0 Å². The van der Waals surface area contributed by atoms with Crippen LogP contribution in [-0.4, -0.2) is 0 Å². The maximum atomic E-state index is 4.13. The van der Waals surface area contributed by atoms with Crippen molar-refractivity contribution in [3.05, 3.63) is 6.92 Å². The Morgan fingerprint density at radius 2 is 1.47 bits per heavy atom. The van der Waals surface area contributed by atoms with Gasteiger partial charge < -0.3 is 0 Å². The van der Waals surface area contributed by atoms with Gasteiger partial charge in [-0.25, -0.2) is 0 Å². The summed E-state index contributed by atoms with van der Waals surface area (Å²) >= 11 is 0. The highest BCUT2D eigenvalue weighted by Gasteiger charge is 2.04. The molecule has 0 N–H and O–H groups in total. The van der Waals surface area contributed by atoms with E-state index in [0.717, 1.165) is 5.92 Å². The van der Waals surface area contributed by atoms with E-state index in [2.05, 4.69) is 27.7 Å². The van der Waals surface area contributed by atoms with Crippen LogP contribution in [0.3, 0.4) is 0 Å². The first-order valence-electron chi connectivity index (χ1n) is 7.07. The normalized spacial score (nSPS) is 15.2. The molecule has 0 spiro atoms. The molecule has 15 heavy (non-hydrogen) atoms. The van der Waals surface area contributed by atoms with Crippen LogP contribution >= 0.6 is 0 Å². The van der Waals surface area contributed by atoms with E-state index in [0.29, 0.717) is 5.92 Å². The van der Waals surface area contributed by atoms with Crippen molar-refractivity contribution >= 4 is 0 Å². The van der Waals surface area contributed by atoms with Crippen molar-refractivity contribution < 1.29 is 0 Å². The molecule has 0 saturated carbocycles. The van der Waals surface area contributed by atoms with Crippen molar-refractivity contribution in [3.63, 3.8) is 0 Å². The van der Waals surface area contributed by atoms with Crippen LogP contribution in [0.15, 0.2) is 0 Å². The summed E-state index contributed by atoms with van der Waals surface area (Å²) < 4.78 is 0. The molecule has 0 aliphatic heterocycles. The molecule has 0 aromatic carbocycles. The third kappa shape index (κ3) is 8.96. The molecule has 0 fully saturated rings. The van der Waals surface area contributed by atoms with Crippen molar-refractivity contribution in [1.82, 2.24) is 0 Å². The van der Waals surface area contributed by atoms with Crippen molar-refractivity contribution in [3.8, 4) is 0 Å². The summed E-state index contributed by atoms with van der Waals surface area (Å²) in [5.41, 5.74) is 0. The molecule has 0 heterocycles. The van der Waals surface area contributed by atoms with E-state index in [-0.39, 0.29) is 0 Å². The Bertz CT molecular complexity index is 117. The Morgan fingerprint density at radius 1 is 0.800 bits per heavy atom. The SMILES string of the molecule is [CH2]C(CC)CCCCCC(CC)CCC. The summed E-state index contributed by atoms with van der Waals surface area (Å²) in [5.74, 6) is 1.69. The number of hydrogen-bond acceptors (Lipinski definition) is 0. The van der Waals surface area contributed by atoms with Gasteiger partial charge in [-0.05, 0) is 11.8 Å². The molecule has 0 saturated heterocycles. The first-order chi connectivity index (χ1) is 7.24. The Hall–Kier alpha value is 0. The average Bonchev–Trinajstić information content (AvgIpc) is 2.26. The maximum Gasteiger partial charge on any atom is -0.0417 e. The fraction of sp³-hybridized carbons (Fsp3) is 0.933. The first kappa shape index (κ1) is 15.0. The maximum absolute atomic E-state index is 4.13. The summed E-state index contributed by atoms with van der Waals surface area (Å²) in [6, 6.07) is 0. The van der Waals surface area contributed by atoms with Gasteiger partial charge in [0.25, 0.3) is 0 Å². The van der Waals surface area contributed by atoms with E-state index in [1.807, 2.05) is 0 Å². The van der Waals surface area contributed by atoms with Gasteiger partial charge in [-0.15, -0.1) is 0 Å². The molecule has 0 heteroatoms. The summed E-state index contributed by atoms with van der Waals surface area (Å²) in [6.45, 7) is 11.0. The summed E-state index contributed by atoms with van der Waals surface area (Å²) in [7, 11) is 0. The van der Waals surface area contributed by atoms with Gasteiger partial charge in [0.05, 0.1) is 0 Å². The van der Waals surface area contributed by atoms with E-state index >= 15 is 0 Å². The number of rotatable bonds is 10. The zero-order valence-corrected chi connectivity index (χ0v) is 11.2. The van der Waals surface area contributed by atoms with E-state index < -0.39 is 0 Å². The second-order valence-corrected chi connectivity index (χ2v) is 4.98. The highest BCUT2D eigenvalue weighted by atomic mass is 14.1. The summed E-state index contributed by atoms with van der Waals surface area (Å²) in [5, 5.41) is 0. The van der Waals surface area contributed by atoms with Crippen LogP contribution in [0.5, 0.6) is 0 Å². The van der Waals surface area contributed by atoms with Crippen molar-refractivity contribution in [1.29, 1.82) is 0 Å². The van der Waals surface area contributed by atoms with Gasteiger partial charge in [0.2, 0.25) is 0 Å². The van der Waals surface area contributed by atoms with Gasteiger partial charge >= 0.3 is 0 Å². The molecule has 0 aliphatic rings. The molecular formula is C15H31. The third-order valence-electron chi connectivity index (χ3n) is 3.58. The van der Waals surface area contributed by atoms with Crippen molar-refractivity contribution in [2.45, 2.75) is 78.6 Å². The lowest BCUT2D eigenvalue weighted by Crippen LogP contribution is -1.98. The Kier molecular flexibility index (Phi) is 10.5. The van der Waals surface area contributed by atoms with Crippen molar-refractivity contribution in [2.75, 3.05) is 0 Å². The average molecular weight is 211 g/mol. The largest absolute Gasteiger partial charge is 0.0654 e. The van der Waals surface area contributed by atoms with E-state index in [4.69, 9.17) is 0 Å². The fourth-order valence-corrected chi connectivity index (χ4v) is 2.21. The quantitative estimate of drug-likeness (QED) is 0.411. The second kappa shape index (κ2) is 10.5. The van der Waals surface area contributed by atoms with Crippen LogP contribution in [0.4, 0.5) is 0 Å². The van der Waals surface area contributed by atoms with Gasteiger partial charge in [0.1, 0.15) is 0 Å². The summed E-state index contributed by atoms with van der Waals surface area (Å²) in [4.78, 5) is 0. The molecule has 0 amide bonds. The predicted octanol–water partition coefficient (Wildman–Crippen LogP) is 5.62. The zero-order chi connectivity index (χ0) is 11.5. The molecular weight excluding hydrogens is 180 g/mol.